The number of hydrogen-bond donors (Lipinski definition) is 2. The van der Waals surface area contributed by atoms with Gasteiger partial charge in [-0.05, 0) is 31.0 Å². The van der Waals surface area contributed by atoms with E-state index < -0.39 is 0 Å². The first-order valence-corrected chi connectivity index (χ1v) is 7.66. The molecule has 0 aliphatic carbocycles. The smallest absolute Gasteiger partial charge is 0.224 e. The van der Waals surface area contributed by atoms with Crippen LogP contribution < -0.4 is 15.4 Å². The second-order valence-electron chi connectivity index (χ2n) is 5.19. The molecule has 23 heavy (non-hydrogen) atoms. The molecule has 0 aliphatic rings. The summed E-state index contributed by atoms with van der Waals surface area (Å²) < 4.78 is 10.2. The van der Waals surface area contributed by atoms with Gasteiger partial charge in [0.1, 0.15) is 11.6 Å². The van der Waals surface area contributed by atoms with Crippen molar-refractivity contribution in [3.8, 4) is 5.75 Å². The van der Waals surface area contributed by atoms with Crippen LogP contribution in [-0.4, -0.2) is 37.3 Å². The first-order chi connectivity index (χ1) is 11.2. The minimum Gasteiger partial charge on any atom is -0.497 e. The molecule has 2 aromatic rings. The van der Waals surface area contributed by atoms with Crippen molar-refractivity contribution < 1.29 is 9.47 Å². The van der Waals surface area contributed by atoms with Gasteiger partial charge in [-0.3, -0.25) is 0 Å². The van der Waals surface area contributed by atoms with Gasteiger partial charge >= 0.3 is 0 Å². The molecule has 2 rings (SSSR count). The van der Waals surface area contributed by atoms with E-state index in [1.165, 1.54) is 0 Å². The highest BCUT2D eigenvalue weighted by Crippen LogP contribution is 2.14. The average molecular weight is 316 g/mol. The molecule has 6 nitrogen and oxygen atoms in total. The summed E-state index contributed by atoms with van der Waals surface area (Å²) >= 11 is 0. The molecule has 0 fully saturated rings. The van der Waals surface area contributed by atoms with Gasteiger partial charge in [-0.1, -0.05) is 12.1 Å². The van der Waals surface area contributed by atoms with Crippen LogP contribution in [0.4, 0.5) is 11.8 Å². The summed E-state index contributed by atoms with van der Waals surface area (Å²) in [6.45, 7) is 4.17. The van der Waals surface area contributed by atoms with Gasteiger partial charge < -0.3 is 20.1 Å². The van der Waals surface area contributed by atoms with Crippen LogP contribution in [0.25, 0.3) is 0 Å². The van der Waals surface area contributed by atoms with Crippen LogP contribution in [0, 0.1) is 6.92 Å². The maximum atomic E-state index is 5.16. The van der Waals surface area contributed by atoms with Crippen LogP contribution in [-0.2, 0) is 11.3 Å². The Morgan fingerprint density at radius 1 is 1.04 bits per heavy atom. The number of aryl methyl sites for hydroxylation is 1. The average Bonchev–Trinajstić information content (AvgIpc) is 2.57. The molecule has 6 heteroatoms. The quantitative estimate of drug-likeness (QED) is 0.693. The zero-order chi connectivity index (χ0) is 16.5. The highest BCUT2D eigenvalue weighted by molar-refractivity contribution is 5.43. The molecule has 0 spiro atoms. The zero-order valence-electron chi connectivity index (χ0n) is 13.9. The lowest BCUT2D eigenvalue weighted by molar-refractivity contribution is 0.197. The van der Waals surface area contributed by atoms with Crippen molar-refractivity contribution >= 4 is 11.8 Å². The number of nitrogens with zero attached hydrogens (tertiary/aromatic N) is 2. The van der Waals surface area contributed by atoms with Gasteiger partial charge in [-0.2, -0.15) is 4.98 Å². The zero-order valence-corrected chi connectivity index (χ0v) is 13.9. The Morgan fingerprint density at radius 2 is 1.83 bits per heavy atom. The number of rotatable bonds is 9. The van der Waals surface area contributed by atoms with E-state index in [-0.39, 0.29) is 0 Å². The van der Waals surface area contributed by atoms with Crippen LogP contribution in [0.15, 0.2) is 30.3 Å². The van der Waals surface area contributed by atoms with Crippen LogP contribution in [0.5, 0.6) is 5.75 Å². The normalized spacial score (nSPS) is 10.4. The molecule has 0 radical (unpaired) electrons. The molecule has 0 aliphatic heterocycles. The number of nitrogens with one attached hydrogen (secondary N) is 2. The summed E-state index contributed by atoms with van der Waals surface area (Å²) in [5, 5.41) is 6.54. The Kier molecular flexibility index (Phi) is 6.62. The molecular weight excluding hydrogens is 292 g/mol. The third-order valence-electron chi connectivity index (χ3n) is 3.30. The van der Waals surface area contributed by atoms with Crippen molar-refractivity contribution in [2.75, 3.05) is 38.0 Å². The Hall–Kier alpha value is -2.34. The van der Waals surface area contributed by atoms with E-state index in [1.807, 2.05) is 37.3 Å². The maximum absolute atomic E-state index is 5.16. The molecule has 124 valence electrons. The molecule has 0 saturated heterocycles. The second-order valence-corrected chi connectivity index (χ2v) is 5.19. The molecule has 0 saturated carbocycles. The first kappa shape index (κ1) is 17.0. The number of aromatic nitrogens is 2. The lowest BCUT2D eigenvalue weighted by atomic mass is 10.2. The van der Waals surface area contributed by atoms with Crippen molar-refractivity contribution in [3.05, 3.63) is 41.6 Å². The summed E-state index contributed by atoms with van der Waals surface area (Å²) in [4.78, 5) is 8.87. The Balaban J connectivity index is 1.92. The fourth-order valence-electron chi connectivity index (χ4n) is 2.09. The number of methoxy groups -OCH3 is 2. The van der Waals surface area contributed by atoms with Crippen molar-refractivity contribution in [1.29, 1.82) is 0 Å². The Morgan fingerprint density at radius 3 is 2.52 bits per heavy atom. The fraction of sp³-hybridized carbons (Fsp3) is 0.412. The predicted molar refractivity (Wildman–Crippen MR) is 92.1 cm³/mol. The number of hydrogen-bond acceptors (Lipinski definition) is 6. The molecule has 1 aromatic carbocycles. The Labute approximate surface area is 137 Å². The number of ether oxygens (including phenoxy) is 2. The minimum atomic E-state index is 0.637. The van der Waals surface area contributed by atoms with E-state index in [1.54, 1.807) is 14.2 Å². The third kappa shape index (κ3) is 5.75. The van der Waals surface area contributed by atoms with E-state index in [9.17, 15) is 0 Å². The molecule has 0 unspecified atom stereocenters. The van der Waals surface area contributed by atoms with E-state index in [4.69, 9.17) is 9.47 Å². The maximum Gasteiger partial charge on any atom is 0.224 e. The molecule has 0 atom stereocenters. The van der Waals surface area contributed by atoms with Gasteiger partial charge in [0.25, 0.3) is 0 Å². The number of benzene rings is 1. The van der Waals surface area contributed by atoms with Gasteiger partial charge in [0.2, 0.25) is 5.95 Å². The third-order valence-corrected chi connectivity index (χ3v) is 3.30. The summed E-state index contributed by atoms with van der Waals surface area (Å²) in [6, 6.07) is 9.90. The molecule has 1 heterocycles. The summed E-state index contributed by atoms with van der Waals surface area (Å²) in [6.07, 6.45) is 0.919. The van der Waals surface area contributed by atoms with Crippen LogP contribution in [0.2, 0.25) is 0 Å². The highest BCUT2D eigenvalue weighted by Gasteiger charge is 2.02. The van der Waals surface area contributed by atoms with E-state index in [0.29, 0.717) is 12.5 Å². The van der Waals surface area contributed by atoms with Crippen LogP contribution >= 0.6 is 0 Å². The lowest BCUT2D eigenvalue weighted by Crippen LogP contribution is -2.10. The Bertz CT molecular complexity index is 602. The van der Waals surface area contributed by atoms with Gasteiger partial charge in [-0.25, -0.2) is 4.98 Å². The van der Waals surface area contributed by atoms with Gasteiger partial charge in [-0.15, -0.1) is 0 Å². The van der Waals surface area contributed by atoms with Crippen LogP contribution in [0.3, 0.4) is 0 Å². The van der Waals surface area contributed by atoms with Gasteiger partial charge in [0.15, 0.2) is 0 Å². The van der Waals surface area contributed by atoms with E-state index in [2.05, 4.69) is 20.6 Å². The summed E-state index contributed by atoms with van der Waals surface area (Å²) in [7, 11) is 3.36. The van der Waals surface area contributed by atoms with Crippen molar-refractivity contribution in [1.82, 2.24) is 9.97 Å². The predicted octanol–water partition coefficient (Wildman–Crippen LogP) is 2.85. The highest BCUT2D eigenvalue weighted by atomic mass is 16.5. The molecule has 1 aromatic heterocycles. The van der Waals surface area contributed by atoms with Crippen molar-refractivity contribution in [3.63, 3.8) is 0 Å². The minimum absolute atomic E-state index is 0.637. The fourth-order valence-corrected chi connectivity index (χ4v) is 2.09. The van der Waals surface area contributed by atoms with Crippen molar-refractivity contribution in [2.24, 2.45) is 0 Å². The second kappa shape index (κ2) is 8.95. The monoisotopic (exact) mass is 316 g/mol. The molecule has 2 N–H and O–H groups in total. The summed E-state index contributed by atoms with van der Waals surface area (Å²) in [5.41, 5.74) is 2.09. The first-order valence-electron chi connectivity index (χ1n) is 7.66. The van der Waals surface area contributed by atoms with Crippen LogP contribution in [0.1, 0.15) is 17.7 Å². The largest absolute Gasteiger partial charge is 0.497 e. The van der Waals surface area contributed by atoms with Gasteiger partial charge in [0.05, 0.1) is 7.11 Å². The standard InChI is InChI=1S/C17H24N4O2/c1-13-11-16(21-17(20-13)18-9-4-10-22-2)19-12-14-5-7-15(23-3)8-6-14/h5-8,11H,4,9-10,12H2,1-3H3,(H2,18,19,20,21). The SMILES string of the molecule is COCCCNc1nc(C)cc(NCc2ccc(OC)cc2)n1. The topological polar surface area (TPSA) is 68.3 Å². The molecule has 0 bridgehead atoms. The lowest BCUT2D eigenvalue weighted by Gasteiger charge is -2.10. The van der Waals surface area contributed by atoms with Crippen molar-refractivity contribution in [2.45, 2.75) is 19.9 Å². The van der Waals surface area contributed by atoms with Gasteiger partial charge in [0, 0.05) is 38.6 Å². The van der Waals surface area contributed by atoms with E-state index in [0.717, 1.165) is 42.4 Å². The number of anilines is 2. The molecular formula is C17H24N4O2. The van der Waals surface area contributed by atoms with E-state index >= 15 is 0 Å². The summed E-state index contributed by atoms with van der Waals surface area (Å²) in [5.74, 6) is 2.30. The molecule has 0 amide bonds.